The van der Waals surface area contributed by atoms with E-state index in [2.05, 4.69) is 0 Å². The van der Waals surface area contributed by atoms with Crippen LogP contribution in [-0.2, 0) is 9.53 Å². The number of nitrogens with zero attached hydrogens (tertiary/aromatic N) is 1. The van der Waals surface area contributed by atoms with Crippen LogP contribution in [0.2, 0.25) is 5.02 Å². The van der Waals surface area contributed by atoms with Gasteiger partial charge in [-0.15, -0.1) is 0 Å². The molecule has 2 aromatic rings. The lowest BCUT2D eigenvalue weighted by molar-refractivity contribution is -0.117. The van der Waals surface area contributed by atoms with E-state index >= 15 is 0 Å². The number of benzene rings is 2. The highest BCUT2D eigenvalue weighted by molar-refractivity contribution is 6.34. The second-order valence-electron chi connectivity index (χ2n) is 6.27. The molecular weight excluding hydrogens is 382 g/mol. The Balaban J connectivity index is 1.64. The van der Waals surface area contributed by atoms with Crippen molar-refractivity contribution >= 4 is 34.9 Å². The summed E-state index contributed by atoms with van der Waals surface area (Å²) in [6.07, 6.45) is 1.21. The van der Waals surface area contributed by atoms with E-state index in [9.17, 15) is 14.4 Å². The average Bonchev–Trinajstić information content (AvgIpc) is 3.12. The first-order valence-electron chi connectivity index (χ1n) is 9.02. The van der Waals surface area contributed by atoms with Crippen molar-refractivity contribution in [3.05, 3.63) is 58.6 Å². The van der Waals surface area contributed by atoms with Crippen LogP contribution in [-0.4, -0.2) is 37.4 Å². The van der Waals surface area contributed by atoms with Crippen LogP contribution in [0, 0.1) is 0 Å². The molecule has 0 atom stereocenters. The van der Waals surface area contributed by atoms with E-state index in [1.165, 1.54) is 12.1 Å². The first kappa shape index (κ1) is 19.9. The number of hydrogen-bond donors (Lipinski definition) is 0. The molecule has 2 aromatic carbocycles. The lowest BCUT2D eigenvalue weighted by atomic mass is 10.1. The third-order valence-electron chi connectivity index (χ3n) is 4.37. The third kappa shape index (κ3) is 4.51. The fraction of sp³-hybridized carbons (Fsp3) is 0.286. The topological polar surface area (TPSA) is 72.9 Å². The van der Waals surface area contributed by atoms with Gasteiger partial charge in [0.15, 0.2) is 12.4 Å². The maximum absolute atomic E-state index is 12.3. The number of rotatable bonds is 7. The molecule has 0 spiro atoms. The molecule has 3 rings (SSSR count). The number of Topliss-reactive ketones (excluding diaryl/α,β-unsaturated/α-hetero) is 1. The molecule has 1 aliphatic heterocycles. The highest BCUT2D eigenvalue weighted by Crippen LogP contribution is 2.30. The van der Waals surface area contributed by atoms with E-state index in [1.807, 2.05) is 6.92 Å². The molecule has 146 valence electrons. The zero-order valence-electron chi connectivity index (χ0n) is 15.4. The molecule has 0 bridgehead atoms. The summed E-state index contributed by atoms with van der Waals surface area (Å²) in [6.45, 7) is 2.60. The third-order valence-corrected chi connectivity index (χ3v) is 4.69. The first-order chi connectivity index (χ1) is 13.5. The van der Waals surface area contributed by atoms with E-state index < -0.39 is 5.97 Å². The largest absolute Gasteiger partial charge is 0.494 e. The summed E-state index contributed by atoms with van der Waals surface area (Å²) in [5.74, 6) is -0.330. The first-order valence-corrected chi connectivity index (χ1v) is 9.40. The van der Waals surface area contributed by atoms with Crippen molar-refractivity contribution in [1.82, 2.24) is 0 Å². The van der Waals surface area contributed by atoms with Crippen molar-refractivity contribution in [2.75, 3.05) is 24.7 Å². The van der Waals surface area contributed by atoms with E-state index in [0.717, 1.165) is 6.42 Å². The minimum atomic E-state index is -0.649. The fourth-order valence-corrected chi connectivity index (χ4v) is 3.17. The molecule has 1 saturated heterocycles. The van der Waals surface area contributed by atoms with Crippen molar-refractivity contribution in [2.24, 2.45) is 0 Å². The molecule has 0 unspecified atom stereocenters. The predicted molar refractivity (Wildman–Crippen MR) is 105 cm³/mol. The number of anilines is 1. The molecule has 0 aliphatic carbocycles. The number of carbonyl (C=O) groups excluding carboxylic acids is 3. The van der Waals surface area contributed by atoms with Gasteiger partial charge in [0.25, 0.3) is 0 Å². The molecule has 0 radical (unpaired) electrons. The zero-order valence-corrected chi connectivity index (χ0v) is 16.2. The summed E-state index contributed by atoms with van der Waals surface area (Å²) in [7, 11) is 0. The Morgan fingerprint density at radius 3 is 2.46 bits per heavy atom. The number of halogens is 1. The number of ether oxygens (including phenoxy) is 2. The van der Waals surface area contributed by atoms with E-state index in [0.29, 0.717) is 41.6 Å². The van der Waals surface area contributed by atoms with Crippen LogP contribution < -0.4 is 9.64 Å². The summed E-state index contributed by atoms with van der Waals surface area (Å²) in [5.41, 5.74) is 1.14. The van der Waals surface area contributed by atoms with Crippen LogP contribution in [0.15, 0.2) is 42.5 Å². The summed E-state index contributed by atoms with van der Waals surface area (Å²) < 4.78 is 10.5. The number of carbonyl (C=O) groups is 3. The molecule has 0 N–H and O–H groups in total. The SMILES string of the molecule is CCOc1ccc(C(=O)COC(=O)c2ccc(Cl)c(N3CCCC3=O)c2)cc1. The van der Waals surface area contributed by atoms with Gasteiger partial charge in [-0.1, -0.05) is 11.6 Å². The Morgan fingerprint density at radius 2 is 1.82 bits per heavy atom. The zero-order chi connectivity index (χ0) is 20.1. The Labute approximate surface area is 168 Å². The number of ketones is 1. The summed E-state index contributed by atoms with van der Waals surface area (Å²) >= 11 is 6.18. The molecule has 0 saturated carbocycles. The van der Waals surface area contributed by atoms with Gasteiger partial charge in [-0.3, -0.25) is 9.59 Å². The Bertz CT molecular complexity index is 894. The van der Waals surface area contributed by atoms with Gasteiger partial charge in [0.05, 0.1) is 22.9 Å². The van der Waals surface area contributed by atoms with Crippen LogP contribution in [0.3, 0.4) is 0 Å². The standard InChI is InChI=1S/C21H20ClNO5/c1-2-27-16-8-5-14(6-9-16)19(24)13-28-21(26)15-7-10-17(22)18(12-15)23-11-3-4-20(23)25/h5-10,12H,2-4,11,13H2,1H3. The lowest BCUT2D eigenvalue weighted by Crippen LogP contribution is -2.24. The van der Waals surface area contributed by atoms with Gasteiger partial charge in [-0.25, -0.2) is 4.79 Å². The number of esters is 1. The summed E-state index contributed by atoms with van der Waals surface area (Å²) in [5, 5.41) is 0.386. The second kappa shape index (κ2) is 8.89. The quantitative estimate of drug-likeness (QED) is 0.519. The van der Waals surface area contributed by atoms with Crippen molar-refractivity contribution in [3.8, 4) is 5.75 Å². The number of amides is 1. The molecule has 1 amide bonds. The minimum Gasteiger partial charge on any atom is -0.494 e. The predicted octanol–water partition coefficient (Wildman–Crippen LogP) is 3.91. The molecule has 0 aromatic heterocycles. The van der Waals surface area contributed by atoms with Crippen molar-refractivity contribution in [3.63, 3.8) is 0 Å². The second-order valence-corrected chi connectivity index (χ2v) is 6.68. The van der Waals surface area contributed by atoms with Gasteiger partial charge in [-0.05, 0) is 55.8 Å². The Kier molecular flexibility index (Phi) is 6.31. The Morgan fingerprint density at radius 1 is 1.11 bits per heavy atom. The van der Waals surface area contributed by atoms with Gasteiger partial charge in [0.1, 0.15) is 5.75 Å². The normalized spacial score (nSPS) is 13.5. The molecule has 7 heteroatoms. The summed E-state index contributed by atoms with van der Waals surface area (Å²) in [6, 6.07) is 11.2. The van der Waals surface area contributed by atoms with Gasteiger partial charge in [-0.2, -0.15) is 0 Å². The fourth-order valence-electron chi connectivity index (χ4n) is 2.95. The van der Waals surface area contributed by atoms with Crippen molar-refractivity contribution < 1.29 is 23.9 Å². The smallest absolute Gasteiger partial charge is 0.338 e. The molecule has 6 nitrogen and oxygen atoms in total. The van der Waals surface area contributed by atoms with Crippen LogP contribution >= 0.6 is 11.6 Å². The maximum Gasteiger partial charge on any atom is 0.338 e. The van der Waals surface area contributed by atoms with Crippen molar-refractivity contribution in [2.45, 2.75) is 19.8 Å². The van der Waals surface area contributed by atoms with Crippen molar-refractivity contribution in [1.29, 1.82) is 0 Å². The molecule has 1 fully saturated rings. The van der Waals surface area contributed by atoms with E-state index in [-0.39, 0.29) is 23.9 Å². The monoisotopic (exact) mass is 401 g/mol. The highest BCUT2D eigenvalue weighted by Gasteiger charge is 2.25. The van der Waals surface area contributed by atoms with Crippen LogP contribution in [0.5, 0.6) is 5.75 Å². The van der Waals surface area contributed by atoms with Gasteiger partial charge < -0.3 is 14.4 Å². The van der Waals surface area contributed by atoms with Crippen LogP contribution in [0.1, 0.15) is 40.5 Å². The Hall–Kier alpha value is -2.86. The van der Waals surface area contributed by atoms with Gasteiger partial charge >= 0.3 is 5.97 Å². The summed E-state index contributed by atoms with van der Waals surface area (Å²) in [4.78, 5) is 38.1. The molecule has 1 heterocycles. The maximum atomic E-state index is 12.3. The van der Waals surface area contributed by atoms with Gasteiger partial charge in [0, 0.05) is 18.5 Å². The molecule has 28 heavy (non-hydrogen) atoms. The minimum absolute atomic E-state index is 0.0295. The van der Waals surface area contributed by atoms with Crippen LogP contribution in [0.4, 0.5) is 5.69 Å². The van der Waals surface area contributed by atoms with Gasteiger partial charge in [0.2, 0.25) is 5.91 Å². The van der Waals surface area contributed by atoms with Crippen LogP contribution in [0.25, 0.3) is 0 Å². The van der Waals surface area contributed by atoms with E-state index in [1.54, 1.807) is 35.2 Å². The van der Waals surface area contributed by atoms with E-state index in [4.69, 9.17) is 21.1 Å². The highest BCUT2D eigenvalue weighted by atomic mass is 35.5. The average molecular weight is 402 g/mol. The molecule has 1 aliphatic rings. The molecular formula is C21H20ClNO5. The lowest BCUT2D eigenvalue weighted by Gasteiger charge is -2.18. The number of hydrogen-bond acceptors (Lipinski definition) is 5.